The fourth-order valence-corrected chi connectivity index (χ4v) is 4.77. The zero-order chi connectivity index (χ0) is 22.9. The van der Waals surface area contributed by atoms with Gasteiger partial charge in [0.25, 0.3) is 0 Å². The van der Waals surface area contributed by atoms with Crippen molar-refractivity contribution in [1.82, 2.24) is 4.90 Å². The van der Waals surface area contributed by atoms with Crippen LogP contribution in [-0.4, -0.2) is 35.7 Å². The van der Waals surface area contributed by atoms with Crippen LogP contribution in [0.25, 0.3) is 11.1 Å². The van der Waals surface area contributed by atoms with Crippen molar-refractivity contribution in [2.24, 2.45) is 0 Å². The van der Waals surface area contributed by atoms with Crippen LogP contribution < -0.4 is 9.47 Å². The predicted octanol–water partition coefficient (Wildman–Crippen LogP) is 6.07. The first-order chi connectivity index (χ1) is 16.0. The number of phenolic OH excluding ortho intramolecular Hbond substituents is 1. The van der Waals surface area contributed by atoms with Gasteiger partial charge in [0.2, 0.25) is 0 Å². The van der Waals surface area contributed by atoms with Crippen LogP contribution in [0.2, 0.25) is 0 Å². The number of allylic oxidation sites excluding steroid dienone is 1. The van der Waals surface area contributed by atoms with Crippen molar-refractivity contribution in [1.29, 1.82) is 0 Å². The van der Waals surface area contributed by atoms with Gasteiger partial charge in [0.15, 0.2) is 0 Å². The van der Waals surface area contributed by atoms with Gasteiger partial charge in [-0.25, -0.2) is 4.39 Å². The number of hydrogen-bond donors (Lipinski definition) is 1. The Morgan fingerprint density at radius 3 is 2.48 bits per heavy atom. The zero-order valence-electron chi connectivity index (χ0n) is 18.9. The number of aromatic hydroxyl groups is 1. The molecule has 5 rings (SSSR count). The number of hydrogen-bond acceptors (Lipinski definition) is 4. The molecule has 1 saturated heterocycles. The molecule has 0 spiro atoms. The monoisotopic (exact) mass is 445 g/mol. The molecule has 33 heavy (non-hydrogen) atoms. The molecule has 1 unspecified atom stereocenters. The van der Waals surface area contributed by atoms with E-state index in [0.717, 1.165) is 60.1 Å². The highest BCUT2D eigenvalue weighted by molar-refractivity contribution is 5.95. The zero-order valence-corrected chi connectivity index (χ0v) is 18.9. The first-order valence-electron chi connectivity index (χ1n) is 11.5. The van der Waals surface area contributed by atoms with Gasteiger partial charge in [0, 0.05) is 30.8 Å². The minimum atomic E-state index is -0.490. The van der Waals surface area contributed by atoms with Gasteiger partial charge in [0.1, 0.15) is 35.3 Å². The lowest BCUT2D eigenvalue weighted by atomic mass is 9.86. The van der Waals surface area contributed by atoms with Gasteiger partial charge in [-0.05, 0) is 48.7 Å². The number of nitrogens with zero attached hydrogens (tertiary/aromatic N) is 1. The van der Waals surface area contributed by atoms with E-state index in [2.05, 4.69) is 11.8 Å². The van der Waals surface area contributed by atoms with Crippen LogP contribution in [-0.2, 0) is 0 Å². The summed E-state index contributed by atoms with van der Waals surface area (Å²) in [7, 11) is 0. The van der Waals surface area contributed by atoms with Crippen LogP contribution in [0.4, 0.5) is 4.39 Å². The largest absolute Gasteiger partial charge is 0.508 e. The maximum Gasteiger partial charge on any atom is 0.150 e. The Balaban J connectivity index is 1.46. The van der Waals surface area contributed by atoms with Crippen LogP contribution >= 0.6 is 0 Å². The second-order valence-corrected chi connectivity index (χ2v) is 8.77. The summed E-state index contributed by atoms with van der Waals surface area (Å²) in [5, 5.41) is 9.94. The third-order valence-electron chi connectivity index (χ3n) is 6.36. The van der Waals surface area contributed by atoms with Crippen LogP contribution in [0.1, 0.15) is 43.1 Å². The van der Waals surface area contributed by atoms with Gasteiger partial charge in [0.05, 0.1) is 5.56 Å². The summed E-state index contributed by atoms with van der Waals surface area (Å²) in [6.07, 6.45) is 0.955. The lowest BCUT2D eigenvalue weighted by molar-refractivity contribution is 0.0202. The highest BCUT2D eigenvalue weighted by Crippen LogP contribution is 2.48. The number of likely N-dealkylation sites (tertiary alicyclic amines) is 1. The quantitative estimate of drug-likeness (QED) is 0.500. The van der Waals surface area contributed by atoms with Crippen molar-refractivity contribution in [2.45, 2.75) is 32.5 Å². The van der Waals surface area contributed by atoms with E-state index in [-0.39, 0.29) is 11.9 Å². The minimum absolute atomic E-state index is 0.151. The lowest BCUT2D eigenvalue weighted by Gasteiger charge is -2.38. The topological polar surface area (TPSA) is 41.9 Å². The number of phenols is 1. The summed E-state index contributed by atoms with van der Waals surface area (Å²) in [6.45, 7) is 7.14. The van der Waals surface area contributed by atoms with E-state index in [0.29, 0.717) is 11.3 Å². The lowest BCUT2D eigenvalue weighted by Crippen LogP contribution is -2.53. The second kappa shape index (κ2) is 8.91. The minimum Gasteiger partial charge on any atom is -0.508 e. The van der Waals surface area contributed by atoms with Crippen molar-refractivity contribution in [2.75, 3.05) is 19.6 Å². The molecule has 5 heteroatoms. The highest BCUT2D eigenvalue weighted by Gasteiger charge is 2.32. The van der Waals surface area contributed by atoms with E-state index >= 15 is 0 Å². The van der Waals surface area contributed by atoms with Gasteiger partial charge in [-0.3, -0.25) is 4.90 Å². The molecule has 0 saturated carbocycles. The molecule has 0 aliphatic carbocycles. The summed E-state index contributed by atoms with van der Waals surface area (Å²) < 4.78 is 27.2. The summed E-state index contributed by atoms with van der Waals surface area (Å²) in [6, 6.07) is 20.5. The van der Waals surface area contributed by atoms with Gasteiger partial charge < -0.3 is 14.6 Å². The first kappa shape index (κ1) is 21.5. The average Bonchev–Trinajstić information content (AvgIpc) is 2.78. The third-order valence-corrected chi connectivity index (χ3v) is 6.36. The molecular formula is C28H28FNO3. The molecule has 0 amide bonds. The Hall–Kier alpha value is -3.31. The van der Waals surface area contributed by atoms with Gasteiger partial charge in [-0.1, -0.05) is 49.4 Å². The molecule has 170 valence electrons. The fraction of sp³-hybridized carbons (Fsp3) is 0.286. The molecule has 2 heterocycles. The van der Waals surface area contributed by atoms with Gasteiger partial charge in [-0.15, -0.1) is 0 Å². The molecule has 2 aliphatic rings. The molecule has 1 fully saturated rings. The van der Waals surface area contributed by atoms with Gasteiger partial charge in [-0.2, -0.15) is 0 Å². The molecule has 0 bridgehead atoms. The molecule has 1 atom stereocenters. The average molecular weight is 446 g/mol. The Kier molecular flexibility index (Phi) is 5.81. The smallest absolute Gasteiger partial charge is 0.150 e. The molecule has 0 aromatic heterocycles. The summed E-state index contributed by atoms with van der Waals surface area (Å²) in [5.74, 6) is 0.542. The maximum atomic E-state index is 14.8. The molecule has 4 nitrogen and oxygen atoms in total. The maximum absolute atomic E-state index is 14.8. The molecule has 2 aliphatic heterocycles. The van der Waals surface area contributed by atoms with Crippen molar-refractivity contribution >= 4 is 11.1 Å². The van der Waals surface area contributed by atoms with E-state index in [1.807, 2.05) is 61.5 Å². The van der Waals surface area contributed by atoms with E-state index < -0.39 is 11.9 Å². The Bertz CT molecular complexity index is 1170. The summed E-state index contributed by atoms with van der Waals surface area (Å²) in [4.78, 5) is 2.39. The number of halogens is 1. The fourth-order valence-electron chi connectivity index (χ4n) is 4.77. The van der Waals surface area contributed by atoms with Crippen LogP contribution in [0.15, 0.2) is 66.7 Å². The number of rotatable bonds is 6. The van der Waals surface area contributed by atoms with Crippen molar-refractivity contribution < 1.29 is 19.0 Å². The molecule has 3 aromatic rings. The number of fused-ring (bicyclic) bond motifs is 1. The SMILES string of the molecule is CCCN1CC(Oc2ccc(C3Oc4cc(O)cc(F)c4C(C)=C3c3ccccc3)cc2)C1. The van der Waals surface area contributed by atoms with Crippen molar-refractivity contribution in [3.8, 4) is 17.2 Å². The van der Waals surface area contributed by atoms with Crippen LogP contribution in [0.5, 0.6) is 17.2 Å². The van der Waals surface area contributed by atoms with E-state index in [9.17, 15) is 9.50 Å². The Morgan fingerprint density at radius 1 is 1.06 bits per heavy atom. The van der Waals surface area contributed by atoms with E-state index in [1.165, 1.54) is 6.07 Å². The van der Waals surface area contributed by atoms with Crippen LogP contribution in [0, 0.1) is 5.82 Å². The van der Waals surface area contributed by atoms with E-state index in [1.54, 1.807) is 0 Å². The third kappa shape index (κ3) is 4.21. The molecular weight excluding hydrogens is 417 g/mol. The molecule has 1 N–H and O–H groups in total. The Labute approximate surface area is 193 Å². The highest BCUT2D eigenvalue weighted by atomic mass is 19.1. The van der Waals surface area contributed by atoms with Crippen molar-refractivity contribution in [3.63, 3.8) is 0 Å². The standard InChI is InChI=1S/C28H28FNO3/c1-3-13-30-16-23(17-30)32-22-11-9-20(10-12-22)28-26(19-7-5-4-6-8-19)18(2)27-24(29)14-21(31)15-25(27)33-28/h4-12,14-15,23,28,31H,3,13,16-17H2,1-2H3. The second-order valence-electron chi connectivity index (χ2n) is 8.77. The Morgan fingerprint density at radius 2 is 1.79 bits per heavy atom. The predicted molar refractivity (Wildman–Crippen MR) is 128 cm³/mol. The van der Waals surface area contributed by atoms with Gasteiger partial charge >= 0.3 is 0 Å². The van der Waals surface area contributed by atoms with Crippen LogP contribution in [0.3, 0.4) is 0 Å². The van der Waals surface area contributed by atoms with Crippen molar-refractivity contribution in [3.05, 3.63) is 89.2 Å². The first-order valence-corrected chi connectivity index (χ1v) is 11.5. The molecule has 0 radical (unpaired) electrons. The summed E-state index contributed by atoms with van der Waals surface area (Å²) >= 11 is 0. The van der Waals surface area contributed by atoms with E-state index in [4.69, 9.17) is 9.47 Å². The number of ether oxygens (including phenoxy) is 2. The molecule has 3 aromatic carbocycles. The normalized spacial score (nSPS) is 18.5. The number of benzene rings is 3. The summed E-state index contributed by atoms with van der Waals surface area (Å²) in [5.41, 5.74) is 4.02.